The van der Waals surface area contributed by atoms with E-state index in [0.717, 1.165) is 41.4 Å². The Morgan fingerprint density at radius 3 is 2.42 bits per heavy atom. The maximum absolute atomic E-state index is 12.4. The van der Waals surface area contributed by atoms with Crippen LogP contribution in [-0.2, 0) is 20.3 Å². The number of ether oxygens (including phenoxy) is 3. The van der Waals surface area contributed by atoms with Gasteiger partial charge in [0.2, 0.25) is 0 Å². The van der Waals surface area contributed by atoms with Crippen LogP contribution in [0, 0.1) is 0 Å². The Labute approximate surface area is 145 Å². The van der Waals surface area contributed by atoms with E-state index in [4.69, 9.17) is 14.2 Å². The van der Waals surface area contributed by atoms with Gasteiger partial charge >= 0.3 is 0 Å². The second-order valence-electron chi connectivity index (χ2n) is 5.57. The van der Waals surface area contributed by atoms with Gasteiger partial charge in [0, 0.05) is 16.4 Å². The molecule has 0 N–H and O–H groups in total. The summed E-state index contributed by atoms with van der Waals surface area (Å²) < 4.78 is 29.2. The molecule has 5 heteroatoms. The molecule has 1 heterocycles. The minimum absolute atomic E-state index is 0.0852. The summed E-state index contributed by atoms with van der Waals surface area (Å²) in [7, 11) is -1.16. The summed E-state index contributed by atoms with van der Waals surface area (Å²) in [4.78, 5) is 1.56. The smallest absolute Gasteiger partial charge is 0.157 e. The van der Waals surface area contributed by atoms with Crippen LogP contribution in [-0.4, -0.2) is 30.3 Å². The minimum Gasteiger partial charge on any atom is -0.491 e. The Hall–Kier alpha value is -1.69. The van der Waals surface area contributed by atoms with Gasteiger partial charge in [-0.15, -0.1) is 0 Å². The van der Waals surface area contributed by atoms with Crippen molar-refractivity contribution in [1.82, 2.24) is 0 Å². The molecular formula is C19H22O4S. The summed E-state index contributed by atoms with van der Waals surface area (Å²) in [6.45, 7) is 1.76. The summed E-state index contributed by atoms with van der Waals surface area (Å²) in [5.74, 6) is 0.747. The monoisotopic (exact) mass is 346 g/mol. The lowest BCUT2D eigenvalue weighted by molar-refractivity contribution is -0.165. The molecule has 0 aromatic heterocycles. The van der Waals surface area contributed by atoms with Gasteiger partial charge in [-0.2, -0.15) is 0 Å². The van der Waals surface area contributed by atoms with Crippen LogP contribution in [0.1, 0.15) is 19.3 Å². The van der Waals surface area contributed by atoms with Crippen LogP contribution in [0.4, 0.5) is 0 Å². The van der Waals surface area contributed by atoms with Crippen molar-refractivity contribution >= 4 is 10.8 Å². The van der Waals surface area contributed by atoms with Gasteiger partial charge in [0.1, 0.15) is 12.4 Å². The van der Waals surface area contributed by atoms with Crippen molar-refractivity contribution < 1.29 is 18.4 Å². The van der Waals surface area contributed by atoms with Crippen LogP contribution in [0.15, 0.2) is 64.4 Å². The SMILES string of the molecule is O=[S@](c1ccccc1)c1ccc(OCCO[C@H]2CCCCO2)cc1. The number of benzene rings is 2. The van der Waals surface area contributed by atoms with Crippen molar-refractivity contribution in [2.24, 2.45) is 0 Å². The maximum atomic E-state index is 12.4. The van der Waals surface area contributed by atoms with Crippen LogP contribution in [0.3, 0.4) is 0 Å². The predicted molar refractivity (Wildman–Crippen MR) is 92.6 cm³/mol. The lowest BCUT2D eigenvalue weighted by Gasteiger charge is -2.22. The molecule has 1 aliphatic heterocycles. The van der Waals surface area contributed by atoms with E-state index in [0.29, 0.717) is 13.2 Å². The largest absolute Gasteiger partial charge is 0.491 e. The van der Waals surface area contributed by atoms with Crippen LogP contribution < -0.4 is 4.74 Å². The highest BCUT2D eigenvalue weighted by Gasteiger charge is 2.13. The minimum atomic E-state index is -1.16. The van der Waals surface area contributed by atoms with Crippen LogP contribution in [0.5, 0.6) is 5.75 Å². The molecule has 0 radical (unpaired) electrons. The van der Waals surface area contributed by atoms with Gasteiger partial charge < -0.3 is 14.2 Å². The first kappa shape index (κ1) is 17.1. The van der Waals surface area contributed by atoms with Crippen LogP contribution in [0.2, 0.25) is 0 Å². The molecule has 128 valence electrons. The van der Waals surface area contributed by atoms with Crippen LogP contribution in [0.25, 0.3) is 0 Å². The van der Waals surface area contributed by atoms with Gasteiger partial charge in [-0.1, -0.05) is 18.2 Å². The van der Waals surface area contributed by atoms with Crippen molar-refractivity contribution in [3.63, 3.8) is 0 Å². The highest BCUT2D eigenvalue weighted by atomic mass is 32.2. The first-order chi connectivity index (χ1) is 11.8. The highest BCUT2D eigenvalue weighted by molar-refractivity contribution is 7.85. The van der Waals surface area contributed by atoms with E-state index < -0.39 is 10.8 Å². The average Bonchev–Trinajstić information content (AvgIpc) is 2.67. The summed E-state index contributed by atoms with van der Waals surface area (Å²) in [5.41, 5.74) is 0. The van der Waals surface area contributed by atoms with Gasteiger partial charge in [0.05, 0.1) is 17.4 Å². The number of rotatable bonds is 7. The molecule has 1 aliphatic rings. The van der Waals surface area contributed by atoms with Crippen molar-refractivity contribution in [2.75, 3.05) is 19.8 Å². The normalized spacial score (nSPS) is 18.9. The summed E-state index contributed by atoms with van der Waals surface area (Å²) in [6.07, 6.45) is 3.15. The molecular weight excluding hydrogens is 324 g/mol. The molecule has 2 aromatic carbocycles. The van der Waals surface area contributed by atoms with E-state index in [-0.39, 0.29) is 6.29 Å². The van der Waals surface area contributed by atoms with Gasteiger partial charge in [0.15, 0.2) is 6.29 Å². The third kappa shape index (κ3) is 4.90. The lowest BCUT2D eigenvalue weighted by Crippen LogP contribution is -2.24. The lowest BCUT2D eigenvalue weighted by atomic mass is 10.2. The second kappa shape index (κ2) is 8.97. The van der Waals surface area contributed by atoms with E-state index >= 15 is 0 Å². The van der Waals surface area contributed by atoms with E-state index in [1.807, 2.05) is 54.6 Å². The molecule has 0 unspecified atom stereocenters. The zero-order chi connectivity index (χ0) is 16.6. The molecule has 1 fully saturated rings. The quantitative estimate of drug-likeness (QED) is 0.716. The zero-order valence-corrected chi connectivity index (χ0v) is 14.4. The molecule has 2 aromatic rings. The van der Waals surface area contributed by atoms with Crippen molar-refractivity contribution in [3.8, 4) is 5.75 Å². The first-order valence-electron chi connectivity index (χ1n) is 8.26. The Bertz CT molecular complexity index is 636. The molecule has 24 heavy (non-hydrogen) atoms. The fourth-order valence-corrected chi connectivity index (χ4v) is 3.58. The molecule has 0 saturated carbocycles. The fourth-order valence-electron chi connectivity index (χ4n) is 2.52. The van der Waals surface area contributed by atoms with Crippen molar-refractivity contribution in [2.45, 2.75) is 35.3 Å². The zero-order valence-electron chi connectivity index (χ0n) is 13.6. The third-order valence-electron chi connectivity index (χ3n) is 3.79. The molecule has 4 nitrogen and oxygen atoms in total. The fraction of sp³-hybridized carbons (Fsp3) is 0.368. The summed E-state index contributed by atoms with van der Waals surface area (Å²) >= 11 is 0. The maximum Gasteiger partial charge on any atom is 0.157 e. The summed E-state index contributed by atoms with van der Waals surface area (Å²) in [6, 6.07) is 16.8. The van der Waals surface area contributed by atoms with Gasteiger partial charge in [-0.25, -0.2) is 4.21 Å². The summed E-state index contributed by atoms with van der Waals surface area (Å²) in [5, 5.41) is 0. The second-order valence-corrected chi connectivity index (χ2v) is 7.05. The Balaban J connectivity index is 1.45. The molecule has 3 rings (SSSR count). The third-order valence-corrected chi connectivity index (χ3v) is 5.19. The average molecular weight is 346 g/mol. The molecule has 0 amide bonds. The topological polar surface area (TPSA) is 44.8 Å². The van der Waals surface area contributed by atoms with E-state index in [1.165, 1.54) is 0 Å². The van der Waals surface area contributed by atoms with Gasteiger partial charge in [-0.05, 0) is 55.7 Å². The Morgan fingerprint density at radius 2 is 1.71 bits per heavy atom. The standard InChI is InChI=1S/C19H22O4S/c20-24(17-6-2-1-3-7-17)18-11-9-16(10-12-18)21-14-15-23-19-8-4-5-13-22-19/h1-3,6-7,9-12,19H,4-5,8,13-15H2/t19-,24+/m0/s1. The van der Waals surface area contributed by atoms with Gasteiger partial charge in [0.25, 0.3) is 0 Å². The number of hydrogen-bond acceptors (Lipinski definition) is 4. The Kier molecular flexibility index (Phi) is 6.41. The Morgan fingerprint density at radius 1 is 0.958 bits per heavy atom. The molecule has 0 bridgehead atoms. The van der Waals surface area contributed by atoms with E-state index in [2.05, 4.69) is 0 Å². The van der Waals surface area contributed by atoms with Crippen LogP contribution >= 0.6 is 0 Å². The van der Waals surface area contributed by atoms with Crippen molar-refractivity contribution in [3.05, 3.63) is 54.6 Å². The first-order valence-corrected chi connectivity index (χ1v) is 9.41. The molecule has 0 aliphatic carbocycles. The van der Waals surface area contributed by atoms with Gasteiger partial charge in [-0.3, -0.25) is 0 Å². The van der Waals surface area contributed by atoms with E-state index in [9.17, 15) is 4.21 Å². The predicted octanol–water partition coefficient (Wildman–Crippen LogP) is 3.78. The molecule has 1 saturated heterocycles. The van der Waals surface area contributed by atoms with E-state index in [1.54, 1.807) is 0 Å². The molecule has 0 spiro atoms. The highest BCUT2D eigenvalue weighted by Crippen LogP contribution is 2.19. The molecule has 2 atom stereocenters. The van der Waals surface area contributed by atoms with Crippen molar-refractivity contribution in [1.29, 1.82) is 0 Å². The number of hydrogen-bond donors (Lipinski definition) is 0.